The number of carbonyl (C=O) groups is 2. The maximum absolute atomic E-state index is 12.0. The highest BCUT2D eigenvalue weighted by Crippen LogP contribution is 2.31. The number of nitrogens with one attached hydrogen (secondary N) is 1. The lowest BCUT2D eigenvalue weighted by atomic mass is 10.0. The van der Waals surface area contributed by atoms with E-state index in [-0.39, 0.29) is 12.5 Å². The Balaban J connectivity index is 2.40. The smallest absolute Gasteiger partial charge is 0.415 e. The van der Waals surface area contributed by atoms with E-state index in [1.807, 2.05) is 6.07 Å². The van der Waals surface area contributed by atoms with Crippen LogP contribution in [-0.2, 0) is 9.53 Å². The second-order valence-electron chi connectivity index (χ2n) is 4.46. The molecule has 0 spiro atoms. The number of anilines is 2. The van der Waals surface area contributed by atoms with Crippen LogP contribution in [0.1, 0.15) is 19.4 Å². The van der Waals surface area contributed by atoms with Crippen LogP contribution in [0.3, 0.4) is 0 Å². The molecule has 1 aromatic rings. The Morgan fingerprint density at radius 1 is 1.48 bits per heavy atom. The summed E-state index contributed by atoms with van der Waals surface area (Å²) in [6, 6.07) is 6.45. The monoisotopic (exact) mass is 285 g/mol. The Morgan fingerprint density at radius 3 is 2.86 bits per heavy atom. The quantitative estimate of drug-likeness (QED) is 0.905. The van der Waals surface area contributed by atoms with Crippen molar-refractivity contribution in [3.8, 4) is 6.07 Å². The van der Waals surface area contributed by atoms with Crippen LogP contribution >= 0.6 is 0 Å². The molecule has 1 aliphatic heterocycles. The molecule has 0 saturated heterocycles. The van der Waals surface area contributed by atoms with Crippen LogP contribution in [-0.4, -0.2) is 24.6 Å². The number of fused-ring (bicyclic) bond motifs is 1. The van der Waals surface area contributed by atoms with Gasteiger partial charge in [-0.2, -0.15) is 5.26 Å². The van der Waals surface area contributed by atoms with E-state index >= 15 is 0 Å². The number of hydrogen-bond acceptors (Lipinski definition) is 4. The molecule has 6 heteroatoms. The number of carbonyl (C=O) groups excluding carboxylic acids is 2. The summed E-state index contributed by atoms with van der Waals surface area (Å²) in [5.74, 6) is -0.174. The summed E-state index contributed by atoms with van der Waals surface area (Å²) in [4.78, 5) is 24.4. The molecule has 1 heterocycles. The minimum absolute atomic E-state index is 0.174. The van der Waals surface area contributed by atoms with Gasteiger partial charge in [-0.3, -0.25) is 9.69 Å². The second kappa shape index (κ2) is 6.09. The molecule has 0 fully saturated rings. The van der Waals surface area contributed by atoms with Crippen LogP contribution in [0.15, 0.2) is 24.3 Å². The third-order valence-corrected chi connectivity index (χ3v) is 2.94. The molecule has 21 heavy (non-hydrogen) atoms. The van der Waals surface area contributed by atoms with E-state index in [2.05, 4.69) is 5.32 Å². The largest absolute Gasteiger partial charge is 0.449 e. The summed E-state index contributed by atoms with van der Waals surface area (Å²) >= 11 is 0. The molecule has 2 rings (SSSR count). The first kappa shape index (κ1) is 14.6. The van der Waals surface area contributed by atoms with Crippen LogP contribution in [0.25, 0.3) is 6.08 Å². The first-order valence-electron chi connectivity index (χ1n) is 6.52. The molecule has 0 aliphatic carbocycles. The molecular formula is C15H15N3O3. The fraction of sp³-hybridized carbons (Fsp3) is 0.267. The average molecular weight is 285 g/mol. The summed E-state index contributed by atoms with van der Waals surface area (Å²) in [5.41, 5.74) is 1.95. The standard InChI is InChI=1S/C15H15N3O3/c1-3-21-15(20)18-13(9-16)6-4-11-8-12(17-10(2)19)5-7-14(11)18/h4-8,13H,3H2,1-2H3,(H,17,19). The van der Waals surface area contributed by atoms with E-state index in [1.54, 1.807) is 37.3 Å². The van der Waals surface area contributed by atoms with E-state index in [0.29, 0.717) is 11.4 Å². The van der Waals surface area contributed by atoms with Gasteiger partial charge < -0.3 is 10.1 Å². The maximum atomic E-state index is 12.0. The van der Waals surface area contributed by atoms with Gasteiger partial charge in [-0.1, -0.05) is 6.08 Å². The van der Waals surface area contributed by atoms with E-state index in [9.17, 15) is 9.59 Å². The molecule has 1 aliphatic rings. The van der Waals surface area contributed by atoms with Crippen molar-refractivity contribution in [2.45, 2.75) is 19.9 Å². The molecule has 0 bridgehead atoms. The van der Waals surface area contributed by atoms with Crippen molar-refractivity contribution < 1.29 is 14.3 Å². The van der Waals surface area contributed by atoms with E-state index in [0.717, 1.165) is 5.56 Å². The minimum Gasteiger partial charge on any atom is -0.449 e. The molecule has 1 N–H and O–H groups in total. The summed E-state index contributed by atoms with van der Waals surface area (Å²) < 4.78 is 5.00. The zero-order valence-corrected chi connectivity index (χ0v) is 11.8. The normalized spacial score (nSPS) is 15.9. The Kier molecular flexibility index (Phi) is 4.24. The van der Waals surface area contributed by atoms with Crippen molar-refractivity contribution in [2.75, 3.05) is 16.8 Å². The molecule has 1 atom stereocenters. The Labute approximate surface area is 122 Å². The Bertz CT molecular complexity index is 646. The predicted octanol–water partition coefficient (Wildman–Crippen LogP) is 2.53. The van der Waals surface area contributed by atoms with Gasteiger partial charge >= 0.3 is 6.09 Å². The molecule has 6 nitrogen and oxygen atoms in total. The van der Waals surface area contributed by atoms with Crippen molar-refractivity contribution in [1.29, 1.82) is 5.26 Å². The molecule has 0 saturated carbocycles. The molecule has 0 aromatic heterocycles. The van der Waals surface area contributed by atoms with Gasteiger partial charge in [-0.15, -0.1) is 0 Å². The van der Waals surface area contributed by atoms with Gasteiger partial charge in [-0.25, -0.2) is 4.79 Å². The van der Waals surface area contributed by atoms with Crippen LogP contribution in [0.4, 0.5) is 16.2 Å². The van der Waals surface area contributed by atoms with E-state index < -0.39 is 12.1 Å². The third kappa shape index (κ3) is 3.03. The lowest BCUT2D eigenvalue weighted by molar-refractivity contribution is -0.114. The summed E-state index contributed by atoms with van der Waals surface area (Å²) in [6.45, 7) is 3.36. The summed E-state index contributed by atoms with van der Waals surface area (Å²) in [7, 11) is 0. The van der Waals surface area contributed by atoms with Gasteiger partial charge in [0.15, 0.2) is 0 Å². The topological polar surface area (TPSA) is 82.4 Å². The highest BCUT2D eigenvalue weighted by molar-refractivity contribution is 5.96. The van der Waals surface area contributed by atoms with Crippen molar-refractivity contribution in [3.63, 3.8) is 0 Å². The summed E-state index contributed by atoms with van der Waals surface area (Å²) in [5, 5.41) is 11.8. The molecule has 1 unspecified atom stereocenters. The maximum Gasteiger partial charge on any atom is 0.415 e. The van der Waals surface area contributed by atoms with E-state index in [1.165, 1.54) is 11.8 Å². The van der Waals surface area contributed by atoms with Gasteiger partial charge in [0.1, 0.15) is 6.04 Å². The second-order valence-corrected chi connectivity index (χ2v) is 4.46. The number of hydrogen-bond donors (Lipinski definition) is 1. The number of nitrogens with zero attached hydrogens (tertiary/aromatic N) is 2. The van der Waals surface area contributed by atoms with Crippen molar-refractivity contribution in [3.05, 3.63) is 29.8 Å². The third-order valence-electron chi connectivity index (χ3n) is 2.94. The highest BCUT2D eigenvalue weighted by Gasteiger charge is 2.29. The Hall–Kier alpha value is -2.81. The number of amides is 2. The molecule has 108 valence electrons. The molecule has 2 amide bonds. The fourth-order valence-corrected chi connectivity index (χ4v) is 2.12. The number of rotatable bonds is 2. The summed E-state index contributed by atoms with van der Waals surface area (Å²) in [6.07, 6.45) is 2.81. The Morgan fingerprint density at radius 2 is 2.24 bits per heavy atom. The SMILES string of the molecule is CCOC(=O)N1c2ccc(NC(C)=O)cc2C=CC1C#N. The first-order valence-corrected chi connectivity index (χ1v) is 6.52. The van der Waals surface area contributed by atoms with Gasteiger partial charge in [0, 0.05) is 18.2 Å². The van der Waals surface area contributed by atoms with Gasteiger partial charge in [-0.05, 0) is 31.2 Å². The minimum atomic E-state index is -0.705. The van der Waals surface area contributed by atoms with E-state index in [4.69, 9.17) is 10.00 Å². The number of benzene rings is 1. The number of ether oxygens (including phenoxy) is 1. The van der Waals surface area contributed by atoms with Crippen molar-refractivity contribution in [2.24, 2.45) is 0 Å². The average Bonchev–Trinajstić information content (AvgIpc) is 2.45. The predicted molar refractivity (Wildman–Crippen MR) is 78.7 cm³/mol. The zero-order chi connectivity index (χ0) is 15.4. The molecular weight excluding hydrogens is 270 g/mol. The van der Waals surface area contributed by atoms with Crippen LogP contribution in [0.5, 0.6) is 0 Å². The van der Waals surface area contributed by atoms with Crippen LogP contribution in [0.2, 0.25) is 0 Å². The molecule has 0 radical (unpaired) electrons. The number of nitriles is 1. The highest BCUT2D eigenvalue weighted by atomic mass is 16.6. The van der Waals surface area contributed by atoms with Gasteiger partial charge in [0.25, 0.3) is 0 Å². The fourth-order valence-electron chi connectivity index (χ4n) is 2.12. The zero-order valence-electron chi connectivity index (χ0n) is 11.8. The first-order chi connectivity index (χ1) is 10.1. The lowest BCUT2D eigenvalue weighted by Crippen LogP contribution is -2.40. The van der Waals surface area contributed by atoms with Gasteiger partial charge in [0.05, 0.1) is 18.4 Å². The lowest BCUT2D eigenvalue weighted by Gasteiger charge is -2.29. The van der Waals surface area contributed by atoms with Crippen LogP contribution < -0.4 is 10.2 Å². The van der Waals surface area contributed by atoms with Crippen molar-refractivity contribution >= 4 is 29.5 Å². The van der Waals surface area contributed by atoms with Crippen LogP contribution in [0, 0.1) is 11.3 Å². The van der Waals surface area contributed by atoms with Gasteiger partial charge in [0.2, 0.25) is 5.91 Å². The molecule has 1 aromatic carbocycles. The van der Waals surface area contributed by atoms with Crippen molar-refractivity contribution in [1.82, 2.24) is 0 Å².